The van der Waals surface area contributed by atoms with Crippen LogP contribution >= 0.6 is 11.6 Å². The number of hydrogen-bond donors (Lipinski definition) is 2. The maximum atomic E-state index is 13.9. The molecule has 2 aromatic heterocycles. The number of urea groups is 1. The van der Waals surface area contributed by atoms with Gasteiger partial charge in [0, 0.05) is 22.8 Å². The van der Waals surface area contributed by atoms with Crippen molar-refractivity contribution >= 4 is 34.8 Å². The second-order valence-electron chi connectivity index (χ2n) is 6.45. The summed E-state index contributed by atoms with van der Waals surface area (Å²) in [5.74, 6) is -1.21. The fourth-order valence-electron chi connectivity index (χ4n) is 2.96. The van der Waals surface area contributed by atoms with Gasteiger partial charge in [0.25, 0.3) is 0 Å². The number of anilines is 2. The Hall–Kier alpha value is -3.45. The molecule has 0 unspecified atom stereocenters. The van der Waals surface area contributed by atoms with E-state index in [9.17, 15) is 13.6 Å². The normalized spacial score (nSPS) is 10.9. The van der Waals surface area contributed by atoms with Gasteiger partial charge in [0.2, 0.25) is 0 Å². The molecule has 0 spiro atoms. The van der Waals surface area contributed by atoms with Crippen LogP contribution in [0.3, 0.4) is 0 Å². The topological polar surface area (TPSA) is 58.4 Å². The number of halogens is 3. The molecule has 0 bridgehead atoms. The third kappa shape index (κ3) is 3.90. The lowest BCUT2D eigenvalue weighted by Gasteiger charge is -2.10. The largest absolute Gasteiger partial charge is 0.324 e. The van der Waals surface area contributed by atoms with Crippen molar-refractivity contribution in [1.29, 1.82) is 0 Å². The molecule has 146 valence electrons. The number of nitrogens with one attached hydrogen (secondary N) is 2. The van der Waals surface area contributed by atoms with Crippen LogP contribution in [0, 0.1) is 18.6 Å². The van der Waals surface area contributed by atoms with Crippen molar-refractivity contribution in [3.8, 4) is 11.3 Å². The lowest BCUT2D eigenvalue weighted by atomic mass is 10.1. The monoisotopic (exact) mass is 412 g/mol. The van der Waals surface area contributed by atoms with Crippen LogP contribution in [0.15, 0.2) is 60.8 Å². The second-order valence-corrected chi connectivity index (χ2v) is 6.89. The van der Waals surface area contributed by atoms with Crippen molar-refractivity contribution < 1.29 is 13.6 Å². The van der Waals surface area contributed by atoms with Crippen molar-refractivity contribution in [3.05, 3.63) is 83.0 Å². The zero-order valence-corrected chi connectivity index (χ0v) is 16.0. The fourth-order valence-corrected chi connectivity index (χ4v) is 3.15. The summed E-state index contributed by atoms with van der Waals surface area (Å²) in [4.78, 5) is 17.1. The highest BCUT2D eigenvalue weighted by molar-refractivity contribution is 6.30. The number of fused-ring (bicyclic) bond motifs is 1. The molecule has 4 rings (SSSR count). The molecule has 2 aromatic carbocycles. The van der Waals surface area contributed by atoms with Crippen LogP contribution in [-0.4, -0.2) is 15.4 Å². The molecule has 8 heteroatoms. The molecule has 2 N–H and O–H groups in total. The summed E-state index contributed by atoms with van der Waals surface area (Å²) >= 11 is 6.11. The Morgan fingerprint density at radius 2 is 1.90 bits per heavy atom. The molecule has 0 saturated carbocycles. The molecule has 0 radical (unpaired) electrons. The lowest BCUT2D eigenvalue weighted by molar-refractivity contribution is 0.262. The van der Waals surface area contributed by atoms with Crippen LogP contribution in [0.5, 0.6) is 0 Å². The number of amides is 2. The highest BCUT2D eigenvalue weighted by Gasteiger charge is 2.18. The van der Waals surface area contributed by atoms with Crippen LogP contribution in [0.4, 0.5) is 25.1 Å². The van der Waals surface area contributed by atoms with Crippen molar-refractivity contribution in [1.82, 2.24) is 9.38 Å². The highest BCUT2D eigenvalue weighted by atomic mass is 35.5. The predicted octanol–water partition coefficient (Wildman–Crippen LogP) is 5.89. The van der Waals surface area contributed by atoms with E-state index >= 15 is 0 Å². The van der Waals surface area contributed by atoms with Gasteiger partial charge >= 0.3 is 6.03 Å². The van der Waals surface area contributed by atoms with Gasteiger partial charge in [0.15, 0.2) is 0 Å². The van der Waals surface area contributed by atoms with E-state index in [4.69, 9.17) is 11.6 Å². The predicted molar refractivity (Wildman–Crippen MR) is 109 cm³/mol. The van der Waals surface area contributed by atoms with Crippen molar-refractivity contribution in [2.24, 2.45) is 0 Å². The summed E-state index contributed by atoms with van der Waals surface area (Å²) < 4.78 is 28.7. The van der Waals surface area contributed by atoms with Crippen LogP contribution in [0.25, 0.3) is 16.9 Å². The van der Waals surface area contributed by atoms with E-state index in [1.807, 2.05) is 25.1 Å². The van der Waals surface area contributed by atoms with Crippen LogP contribution in [0.1, 0.15) is 5.56 Å². The first kappa shape index (κ1) is 18.9. The van der Waals surface area contributed by atoms with Gasteiger partial charge in [-0.1, -0.05) is 23.7 Å². The minimum Gasteiger partial charge on any atom is -0.305 e. The number of carbonyl (C=O) groups is 1. The molecule has 5 nitrogen and oxygen atoms in total. The van der Waals surface area contributed by atoms with E-state index in [2.05, 4.69) is 15.6 Å². The van der Waals surface area contributed by atoms with E-state index in [0.717, 1.165) is 17.7 Å². The Kier molecular flexibility index (Phi) is 4.90. The first-order valence-electron chi connectivity index (χ1n) is 8.68. The molecule has 29 heavy (non-hydrogen) atoms. The fraction of sp³-hybridized carbons (Fsp3) is 0.0476. The maximum Gasteiger partial charge on any atom is 0.324 e. The molecule has 0 saturated heterocycles. The SMILES string of the molecule is Cc1ccn2c(NC(=O)Nc3ccc(F)cc3F)c(-c3cccc(Cl)c3)nc2c1. The van der Waals surface area contributed by atoms with E-state index in [-0.39, 0.29) is 5.69 Å². The quantitative estimate of drug-likeness (QED) is 0.441. The molecule has 0 aliphatic carbocycles. The smallest absolute Gasteiger partial charge is 0.305 e. The number of aromatic nitrogens is 2. The number of nitrogens with zero attached hydrogens (tertiary/aromatic N) is 2. The molecule has 0 aliphatic heterocycles. The van der Waals surface area contributed by atoms with Gasteiger partial charge in [-0.15, -0.1) is 0 Å². The molecular weight excluding hydrogens is 398 g/mol. The highest BCUT2D eigenvalue weighted by Crippen LogP contribution is 2.31. The van der Waals surface area contributed by atoms with Gasteiger partial charge in [-0.2, -0.15) is 0 Å². The van der Waals surface area contributed by atoms with Gasteiger partial charge < -0.3 is 5.32 Å². The number of benzene rings is 2. The van der Waals surface area contributed by atoms with Gasteiger partial charge in [0.1, 0.15) is 28.8 Å². The third-order valence-corrected chi connectivity index (χ3v) is 4.53. The summed E-state index contributed by atoms with van der Waals surface area (Å²) in [5.41, 5.74) is 2.71. The van der Waals surface area contributed by atoms with Crippen molar-refractivity contribution in [3.63, 3.8) is 0 Å². The van der Waals surface area contributed by atoms with Crippen molar-refractivity contribution in [2.75, 3.05) is 10.6 Å². The van der Waals surface area contributed by atoms with Gasteiger partial charge in [-0.25, -0.2) is 18.6 Å². The molecule has 0 fully saturated rings. The number of rotatable bonds is 3. The van der Waals surface area contributed by atoms with E-state index in [1.54, 1.807) is 28.8 Å². The number of aryl methyl sites for hydroxylation is 1. The van der Waals surface area contributed by atoms with Gasteiger partial charge in [-0.3, -0.25) is 9.72 Å². The minimum absolute atomic E-state index is 0.141. The molecule has 2 amide bonds. The summed E-state index contributed by atoms with van der Waals surface area (Å²) in [5, 5.41) is 5.62. The summed E-state index contributed by atoms with van der Waals surface area (Å²) in [6.45, 7) is 1.94. The van der Waals surface area contributed by atoms with Gasteiger partial charge in [0.05, 0.1) is 5.69 Å². The first-order chi connectivity index (χ1) is 13.9. The first-order valence-corrected chi connectivity index (χ1v) is 9.06. The zero-order valence-electron chi connectivity index (χ0n) is 15.2. The minimum atomic E-state index is -0.871. The summed E-state index contributed by atoms with van der Waals surface area (Å²) in [6.07, 6.45) is 1.78. The lowest BCUT2D eigenvalue weighted by Crippen LogP contribution is -2.21. The van der Waals surface area contributed by atoms with E-state index in [0.29, 0.717) is 33.8 Å². The maximum absolute atomic E-state index is 13.9. The standard InChI is InChI=1S/C21H15ClF2N4O/c1-12-7-8-28-18(9-12)26-19(13-3-2-4-14(22)10-13)20(28)27-21(29)25-17-6-5-15(23)11-16(17)24/h2-11H,1H3,(H2,25,27,29). The van der Waals surface area contributed by atoms with Crippen molar-refractivity contribution in [2.45, 2.75) is 6.92 Å². The molecule has 0 aliphatic rings. The number of hydrogen-bond acceptors (Lipinski definition) is 2. The van der Waals surface area contributed by atoms with E-state index in [1.165, 1.54) is 0 Å². The average molecular weight is 413 g/mol. The summed E-state index contributed by atoms with van der Waals surface area (Å²) in [7, 11) is 0. The molecule has 4 aromatic rings. The third-order valence-electron chi connectivity index (χ3n) is 4.29. The average Bonchev–Trinajstić information content (AvgIpc) is 3.01. The second kappa shape index (κ2) is 7.52. The number of carbonyl (C=O) groups excluding carboxylic acids is 1. The Morgan fingerprint density at radius 1 is 1.07 bits per heavy atom. The van der Waals surface area contributed by atoms with Crippen LogP contribution < -0.4 is 10.6 Å². The molecular formula is C21H15ClF2N4O. The molecule has 0 atom stereocenters. The zero-order chi connectivity index (χ0) is 20.5. The van der Waals surface area contributed by atoms with Gasteiger partial charge in [-0.05, 0) is 48.9 Å². The number of pyridine rings is 1. The van der Waals surface area contributed by atoms with Crippen LogP contribution in [0.2, 0.25) is 5.02 Å². The Balaban J connectivity index is 1.73. The Bertz CT molecular complexity index is 1240. The van der Waals surface area contributed by atoms with Crippen LogP contribution in [-0.2, 0) is 0 Å². The van der Waals surface area contributed by atoms with E-state index < -0.39 is 17.7 Å². The number of imidazole rings is 1. The molecule has 2 heterocycles. The Labute approximate surface area is 170 Å². The summed E-state index contributed by atoms with van der Waals surface area (Å²) in [6, 6.07) is 13.0. The Morgan fingerprint density at radius 3 is 2.66 bits per heavy atom.